The van der Waals surface area contributed by atoms with Crippen LogP contribution in [0, 0.1) is 5.41 Å². The van der Waals surface area contributed by atoms with Crippen LogP contribution in [-0.2, 0) is 22.5 Å². The molecular formula is C32H43BN4O3. The summed E-state index contributed by atoms with van der Waals surface area (Å²) in [6.07, 6.45) is 5.72. The van der Waals surface area contributed by atoms with Gasteiger partial charge in [-0.1, -0.05) is 37.9 Å². The Labute approximate surface area is 239 Å². The number of aromatic nitrogens is 2. The summed E-state index contributed by atoms with van der Waals surface area (Å²) in [6.45, 7) is 14.9. The van der Waals surface area contributed by atoms with Gasteiger partial charge < -0.3 is 19.3 Å². The molecule has 3 aromatic rings. The number of hydrogen-bond acceptors (Lipinski definition) is 6. The van der Waals surface area contributed by atoms with Gasteiger partial charge in [0, 0.05) is 61.0 Å². The topological polar surface area (TPSA) is 70.8 Å². The standard InChI is InChI=1S/C32H43BN4O3/c1-6-37-29-11-10-23(33)15-26(29)28(17-32(4,5)20-40-22(3)39)31(37)27-16-25(18-34-30(27)21(2)38)36-14-13-35-12-8-7-9-24(35)19-36/h10-11,15-16,18,21,24,38H,6-9,12-14,17,19-20H2,1-5H3/t21-,24+/m0/s1. The Kier molecular flexibility index (Phi) is 8.30. The summed E-state index contributed by atoms with van der Waals surface area (Å²) >= 11 is 0. The van der Waals surface area contributed by atoms with E-state index in [1.54, 1.807) is 6.92 Å². The van der Waals surface area contributed by atoms with Crippen LogP contribution in [0.15, 0.2) is 30.5 Å². The minimum absolute atomic E-state index is 0.278. The number of anilines is 1. The fourth-order valence-electron chi connectivity index (χ4n) is 6.63. The Balaban J connectivity index is 1.65. The number of hydrogen-bond donors (Lipinski definition) is 1. The quantitative estimate of drug-likeness (QED) is 0.337. The van der Waals surface area contributed by atoms with E-state index in [9.17, 15) is 9.90 Å². The number of ether oxygens (including phenoxy) is 1. The van der Waals surface area contributed by atoms with E-state index in [-0.39, 0.29) is 11.4 Å². The number of esters is 1. The van der Waals surface area contributed by atoms with E-state index in [0.717, 1.165) is 59.6 Å². The summed E-state index contributed by atoms with van der Waals surface area (Å²) in [6, 6.07) is 8.90. The minimum Gasteiger partial charge on any atom is -0.465 e. The number of piperazine rings is 1. The highest BCUT2D eigenvalue weighted by Gasteiger charge is 2.31. The van der Waals surface area contributed by atoms with Crippen LogP contribution in [0.1, 0.15) is 71.2 Å². The Bertz CT molecular complexity index is 1380. The Morgan fingerprint density at radius 3 is 2.75 bits per heavy atom. The van der Waals surface area contributed by atoms with Gasteiger partial charge in [-0.3, -0.25) is 14.7 Å². The van der Waals surface area contributed by atoms with E-state index >= 15 is 0 Å². The van der Waals surface area contributed by atoms with Crippen molar-refractivity contribution in [1.82, 2.24) is 14.5 Å². The number of aliphatic hydroxyl groups excluding tert-OH is 1. The number of pyridine rings is 1. The van der Waals surface area contributed by atoms with Crippen molar-refractivity contribution in [3.8, 4) is 11.3 Å². The van der Waals surface area contributed by atoms with Crippen LogP contribution >= 0.6 is 0 Å². The van der Waals surface area contributed by atoms with Crippen LogP contribution in [0.2, 0.25) is 0 Å². The van der Waals surface area contributed by atoms with Crippen molar-refractivity contribution in [3.05, 3.63) is 41.7 Å². The maximum atomic E-state index is 11.6. The minimum atomic E-state index is -0.727. The van der Waals surface area contributed by atoms with Crippen molar-refractivity contribution in [3.63, 3.8) is 0 Å². The average molecular weight is 543 g/mol. The molecule has 2 aromatic heterocycles. The molecule has 1 aromatic carbocycles. The Morgan fingerprint density at radius 2 is 2.02 bits per heavy atom. The van der Waals surface area contributed by atoms with Gasteiger partial charge in [-0.25, -0.2) is 0 Å². The summed E-state index contributed by atoms with van der Waals surface area (Å²) in [5.41, 5.74) is 6.41. The van der Waals surface area contributed by atoms with E-state index in [2.05, 4.69) is 47.3 Å². The first-order chi connectivity index (χ1) is 19.1. The molecule has 2 atom stereocenters. The highest BCUT2D eigenvalue weighted by molar-refractivity contribution is 6.33. The molecule has 4 heterocycles. The predicted octanol–water partition coefficient (Wildman–Crippen LogP) is 4.38. The first-order valence-electron chi connectivity index (χ1n) is 14.8. The smallest absolute Gasteiger partial charge is 0.302 e. The monoisotopic (exact) mass is 542 g/mol. The van der Waals surface area contributed by atoms with Gasteiger partial charge in [0.15, 0.2) is 0 Å². The fraction of sp³-hybridized carbons (Fsp3) is 0.562. The molecule has 212 valence electrons. The highest BCUT2D eigenvalue weighted by atomic mass is 16.5. The lowest BCUT2D eigenvalue weighted by Crippen LogP contribution is -2.54. The molecule has 7 nitrogen and oxygen atoms in total. The molecule has 0 unspecified atom stereocenters. The molecule has 40 heavy (non-hydrogen) atoms. The van der Waals surface area contributed by atoms with Gasteiger partial charge in [0.1, 0.15) is 7.85 Å². The van der Waals surface area contributed by atoms with Gasteiger partial charge in [0.05, 0.1) is 36.0 Å². The molecule has 0 saturated carbocycles. The number of rotatable bonds is 8. The summed E-state index contributed by atoms with van der Waals surface area (Å²) in [5.74, 6) is -0.278. The summed E-state index contributed by atoms with van der Waals surface area (Å²) in [7, 11) is 6.31. The molecule has 1 N–H and O–H groups in total. The van der Waals surface area contributed by atoms with Crippen LogP contribution in [0.4, 0.5) is 5.69 Å². The van der Waals surface area contributed by atoms with Crippen LogP contribution in [0.25, 0.3) is 22.2 Å². The normalized spacial score (nSPS) is 19.1. The van der Waals surface area contributed by atoms with E-state index in [4.69, 9.17) is 17.6 Å². The lowest BCUT2D eigenvalue weighted by Gasteiger charge is -2.45. The molecule has 0 amide bonds. The zero-order valence-electron chi connectivity index (χ0n) is 24.7. The Morgan fingerprint density at radius 1 is 1.23 bits per heavy atom. The lowest BCUT2D eigenvalue weighted by atomic mass is 9.83. The second kappa shape index (κ2) is 11.6. The van der Waals surface area contributed by atoms with Crippen LogP contribution in [0.3, 0.4) is 0 Å². The second-order valence-corrected chi connectivity index (χ2v) is 12.4. The van der Waals surface area contributed by atoms with Crippen LogP contribution in [0.5, 0.6) is 0 Å². The van der Waals surface area contributed by atoms with Gasteiger partial charge >= 0.3 is 5.97 Å². The predicted molar refractivity (Wildman–Crippen MR) is 162 cm³/mol. The number of fused-ring (bicyclic) bond motifs is 2. The van der Waals surface area contributed by atoms with Crippen LogP contribution in [-0.4, -0.2) is 72.2 Å². The first kappa shape index (κ1) is 28.7. The number of piperidine rings is 1. The maximum Gasteiger partial charge on any atom is 0.302 e. The number of benzene rings is 1. The molecule has 0 aliphatic carbocycles. The third-order valence-corrected chi connectivity index (χ3v) is 8.59. The SMILES string of the molecule is [B]c1ccc2c(c1)c(CC(C)(C)COC(C)=O)c(-c1cc(N3CCN4CCCC[C@@H]4C3)cnc1[C@H](C)O)n2CC. The van der Waals surface area contributed by atoms with Crippen LogP contribution < -0.4 is 10.4 Å². The largest absolute Gasteiger partial charge is 0.465 e. The Hall–Kier alpha value is -2.84. The summed E-state index contributed by atoms with van der Waals surface area (Å²) in [4.78, 5) is 21.6. The third-order valence-electron chi connectivity index (χ3n) is 8.59. The second-order valence-electron chi connectivity index (χ2n) is 12.4. The number of carbonyl (C=O) groups excluding carboxylic acids is 1. The highest BCUT2D eigenvalue weighted by Crippen LogP contribution is 2.41. The molecule has 0 bridgehead atoms. The molecule has 5 rings (SSSR count). The van der Waals surface area contributed by atoms with Crippen molar-refractivity contribution in [1.29, 1.82) is 0 Å². The summed E-state index contributed by atoms with van der Waals surface area (Å²) < 4.78 is 7.78. The first-order valence-corrected chi connectivity index (χ1v) is 14.8. The van der Waals surface area contributed by atoms with E-state index < -0.39 is 6.10 Å². The molecule has 2 fully saturated rings. The lowest BCUT2D eigenvalue weighted by molar-refractivity contribution is -0.143. The average Bonchev–Trinajstić information content (AvgIpc) is 3.22. The molecule has 0 spiro atoms. The molecule has 2 saturated heterocycles. The number of carbonyl (C=O) groups is 1. The maximum absolute atomic E-state index is 11.6. The zero-order chi connectivity index (χ0) is 28.6. The van der Waals surface area contributed by atoms with E-state index in [1.807, 2.05) is 18.3 Å². The van der Waals surface area contributed by atoms with Gasteiger partial charge in [-0.15, -0.1) is 0 Å². The molecule has 8 heteroatoms. The van der Waals surface area contributed by atoms with Crippen molar-refractivity contribution in [2.75, 3.05) is 37.7 Å². The van der Waals surface area contributed by atoms with Crippen molar-refractivity contribution < 1.29 is 14.6 Å². The summed E-state index contributed by atoms with van der Waals surface area (Å²) in [5, 5.41) is 12.0. The van der Waals surface area contributed by atoms with E-state index in [0.29, 0.717) is 30.2 Å². The molecule has 2 aliphatic rings. The van der Waals surface area contributed by atoms with Crippen molar-refractivity contribution >= 4 is 35.9 Å². The van der Waals surface area contributed by atoms with Gasteiger partial charge in [-0.2, -0.15) is 0 Å². The van der Waals surface area contributed by atoms with Gasteiger partial charge in [-0.05, 0) is 57.4 Å². The molecule has 2 radical (unpaired) electrons. The van der Waals surface area contributed by atoms with Gasteiger partial charge in [0.25, 0.3) is 0 Å². The van der Waals surface area contributed by atoms with E-state index in [1.165, 1.54) is 32.7 Å². The molecular weight excluding hydrogens is 499 g/mol. The number of nitrogens with zero attached hydrogens (tertiary/aromatic N) is 4. The van der Waals surface area contributed by atoms with Crippen molar-refractivity contribution in [2.45, 2.75) is 79.0 Å². The zero-order valence-corrected chi connectivity index (χ0v) is 24.7. The fourth-order valence-corrected chi connectivity index (χ4v) is 6.63. The third kappa shape index (κ3) is 5.79. The molecule has 2 aliphatic heterocycles. The van der Waals surface area contributed by atoms with Crippen molar-refractivity contribution in [2.24, 2.45) is 5.41 Å². The van der Waals surface area contributed by atoms with Gasteiger partial charge in [0.2, 0.25) is 0 Å². The number of aliphatic hydroxyl groups is 1. The number of aryl methyl sites for hydroxylation is 1.